The van der Waals surface area contributed by atoms with Crippen molar-refractivity contribution in [1.82, 2.24) is 15.0 Å². The van der Waals surface area contributed by atoms with Crippen molar-refractivity contribution in [3.63, 3.8) is 0 Å². The molecule has 0 aliphatic carbocycles. The third-order valence-electron chi connectivity index (χ3n) is 8.97. The summed E-state index contributed by atoms with van der Waals surface area (Å²) in [5.41, 5.74) is 9.66. The van der Waals surface area contributed by atoms with E-state index in [0.717, 1.165) is 44.5 Å². The maximum atomic E-state index is 5.11. The van der Waals surface area contributed by atoms with Crippen molar-refractivity contribution < 1.29 is 0 Å². The van der Waals surface area contributed by atoms with Crippen LogP contribution in [0.5, 0.6) is 0 Å². The summed E-state index contributed by atoms with van der Waals surface area (Å²) < 4.78 is 2.61. The van der Waals surface area contributed by atoms with Crippen molar-refractivity contribution in [3.8, 4) is 67.5 Å². The molecule has 2 heterocycles. The zero-order valence-corrected chi connectivity index (χ0v) is 27.3. The Morgan fingerprint density at radius 2 is 0.796 bits per heavy atom. The van der Waals surface area contributed by atoms with Crippen LogP contribution in [0.1, 0.15) is 0 Å². The van der Waals surface area contributed by atoms with Gasteiger partial charge in [-0.2, -0.15) is 0 Å². The van der Waals surface area contributed by atoms with Gasteiger partial charge >= 0.3 is 0 Å². The van der Waals surface area contributed by atoms with E-state index in [-0.39, 0.29) is 0 Å². The Morgan fingerprint density at radius 1 is 0.286 bits per heavy atom. The van der Waals surface area contributed by atoms with E-state index in [2.05, 4.69) is 158 Å². The lowest BCUT2D eigenvalue weighted by atomic mass is 9.99. The first kappa shape index (κ1) is 29.0. The Hall–Kier alpha value is -6.23. The van der Waals surface area contributed by atoms with Gasteiger partial charge in [0, 0.05) is 36.9 Å². The maximum absolute atomic E-state index is 5.11. The first-order valence-corrected chi connectivity index (χ1v) is 17.2. The molecule has 0 fully saturated rings. The SMILES string of the molecule is c1ccc(-c2cccc(-c3nc(-c4ccc(-c5ccc6c(c5)sc5ccccc56)cc4)nc(-c4ccccc4-c4ccccc4)n3)c2)cc1. The second-order valence-corrected chi connectivity index (χ2v) is 13.1. The molecule has 9 aromatic rings. The van der Waals surface area contributed by atoms with E-state index in [1.165, 1.54) is 25.7 Å². The number of thiophene rings is 1. The smallest absolute Gasteiger partial charge is 0.164 e. The summed E-state index contributed by atoms with van der Waals surface area (Å²) in [4.78, 5) is 15.3. The zero-order chi connectivity index (χ0) is 32.6. The van der Waals surface area contributed by atoms with E-state index < -0.39 is 0 Å². The van der Waals surface area contributed by atoms with E-state index >= 15 is 0 Å². The molecule has 2 aromatic heterocycles. The van der Waals surface area contributed by atoms with Crippen LogP contribution in [0, 0.1) is 0 Å². The monoisotopic (exact) mass is 643 g/mol. The number of rotatable bonds is 6. The minimum atomic E-state index is 0.638. The highest BCUT2D eigenvalue weighted by atomic mass is 32.1. The third-order valence-corrected chi connectivity index (χ3v) is 10.1. The highest BCUT2D eigenvalue weighted by Crippen LogP contribution is 2.37. The first-order valence-electron chi connectivity index (χ1n) is 16.4. The molecule has 0 spiro atoms. The molecule has 0 N–H and O–H groups in total. The summed E-state index contributed by atoms with van der Waals surface area (Å²) in [6.45, 7) is 0. The van der Waals surface area contributed by atoms with E-state index in [4.69, 9.17) is 15.0 Å². The molecule has 0 saturated heterocycles. The highest BCUT2D eigenvalue weighted by molar-refractivity contribution is 7.25. The van der Waals surface area contributed by atoms with E-state index in [9.17, 15) is 0 Å². The number of benzene rings is 7. The van der Waals surface area contributed by atoms with Crippen molar-refractivity contribution in [3.05, 3.63) is 176 Å². The fraction of sp³-hybridized carbons (Fsp3) is 0. The first-order chi connectivity index (χ1) is 24.3. The minimum absolute atomic E-state index is 0.638. The molecule has 0 bridgehead atoms. The molecule has 4 heteroatoms. The van der Waals surface area contributed by atoms with Crippen molar-refractivity contribution in [2.75, 3.05) is 0 Å². The zero-order valence-electron chi connectivity index (χ0n) is 26.5. The summed E-state index contributed by atoms with van der Waals surface area (Å²) in [5, 5.41) is 2.62. The molecule has 0 radical (unpaired) electrons. The van der Waals surface area contributed by atoms with Gasteiger partial charge in [-0.3, -0.25) is 0 Å². The largest absolute Gasteiger partial charge is 0.208 e. The number of aromatic nitrogens is 3. The second-order valence-electron chi connectivity index (χ2n) is 12.1. The van der Waals surface area contributed by atoms with Gasteiger partial charge in [-0.05, 0) is 51.6 Å². The van der Waals surface area contributed by atoms with Crippen molar-refractivity contribution in [2.24, 2.45) is 0 Å². The van der Waals surface area contributed by atoms with Gasteiger partial charge in [0.25, 0.3) is 0 Å². The van der Waals surface area contributed by atoms with Crippen LogP contribution < -0.4 is 0 Å². The van der Waals surface area contributed by atoms with Crippen molar-refractivity contribution in [2.45, 2.75) is 0 Å². The van der Waals surface area contributed by atoms with E-state index in [1.807, 2.05) is 29.5 Å². The van der Waals surface area contributed by atoms with Crippen LogP contribution in [-0.4, -0.2) is 15.0 Å². The standard InChI is InChI=1S/C45H29N3S/c1-3-12-30(13-4-1)34-16-11-17-36(28-34)44-46-43(47-45(48-44)40-20-8-7-18-37(40)32-14-5-2-6-15-32)33-24-22-31(23-25-33)35-26-27-39-38-19-9-10-21-41(38)49-42(39)29-35/h1-29H. The van der Waals surface area contributed by atoms with Gasteiger partial charge in [0.05, 0.1) is 0 Å². The van der Waals surface area contributed by atoms with Crippen LogP contribution in [0.2, 0.25) is 0 Å². The molecular weight excluding hydrogens is 615 g/mol. The Labute approximate surface area is 288 Å². The lowest BCUT2D eigenvalue weighted by molar-refractivity contribution is 1.07. The molecule has 0 unspecified atom stereocenters. The van der Waals surface area contributed by atoms with Crippen LogP contribution in [0.3, 0.4) is 0 Å². The van der Waals surface area contributed by atoms with Crippen molar-refractivity contribution >= 4 is 31.5 Å². The topological polar surface area (TPSA) is 38.7 Å². The third kappa shape index (κ3) is 5.58. The number of hydrogen-bond acceptors (Lipinski definition) is 4. The van der Waals surface area contributed by atoms with Gasteiger partial charge in [-0.15, -0.1) is 11.3 Å². The average molecular weight is 644 g/mol. The summed E-state index contributed by atoms with van der Waals surface area (Å²) in [6, 6.07) is 61.5. The van der Waals surface area contributed by atoms with E-state index in [0.29, 0.717) is 17.5 Å². The van der Waals surface area contributed by atoms with Gasteiger partial charge in [0.2, 0.25) is 0 Å². The molecule has 9 rings (SSSR count). The van der Waals surface area contributed by atoms with Gasteiger partial charge < -0.3 is 0 Å². The van der Waals surface area contributed by atoms with Crippen LogP contribution in [-0.2, 0) is 0 Å². The summed E-state index contributed by atoms with van der Waals surface area (Å²) >= 11 is 1.84. The molecule has 0 aliphatic rings. The second kappa shape index (κ2) is 12.4. The number of nitrogens with zero attached hydrogens (tertiary/aromatic N) is 3. The Bertz CT molecular complexity index is 2590. The molecule has 3 nitrogen and oxygen atoms in total. The van der Waals surface area contributed by atoms with Gasteiger partial charge in [-0.1, -0.05) is 158 Å². The summed E-state index contributed by atoms with van der Waals surface area (Å²) in [7, 11) is 0. The lowest BCUT2D eigenvalue weighted by Gasteiger charge is -2.13. The van der Waals surface area contributed by atoms with Gasteiger partial charge in [0.1, 0.15) is 0 Å². The van der Waals surface area contributed by atoms with Gasteiger partial charge in [-0.25, -0.2) is 15.0 Å². The average Bonchev–Trinajstić information content (AvgIpc) is 3.56. The number of hydrogen-bond donors (Lipinski definition) is 0. The predicted octanol–water partition coefficient (Wildman–Crippen LogP) is 12.2. The molecular formula is C45H29N3S. The maximum Gasteiger partial charge on any atom is 0.164 e. The molecule has 0 saturated carbocycles. The minimum Gasteiger partial charge on any atom is -0.208 e. The Morgan fingerprint density at radius 3 is 1.59 bits per heavy atom. The number of fused-ring (bicyclic) bond motifs is 3. The molecule has 0 aliphatic heterocycles. The van der Waals surface area contributed by atoms with Crippen LogP contribution in [0.15, 0.2) is 176 Å². The normalized spacial score (nSPS) is 11.3. The van der Waals surface area contributed by atoms with Crippen LogP contribution in [0.4, 0.5) is 0 Å². The summed E-state index contributed by atoms with van der Waals surface area (Å²) in [6.07, 6.45) is 0. The molecule has 7 aromatic carbocycles. The molecule has 230 valence electrons. The van der Waals surface area contributed by atoms with E-state index in [1.54, 1.807) is 0 Å². The highest BCUT2D eigenvalue weighted by Gasteiger charge is 2.16. The summed E-state index contributed by atoms with van der Waals surface area (Å²) in [5.74, 6) is 1.92. The molecule has 0 atom stereocenters. The molecule has 49 heavy (non-hydrogen) atoms. The Balaban J connectivity index is 1.15. The predicted molar refractivity (Wildman–Crippen MR) is 205 cm³/mol. The molecule has 0 amide bonds. The van der Waals surface area contributed by atoms with Gasteiger partial charge in [0.15, 0.2) is 17.5 Å². The lowest BCUT2D eigenvalue weighted by Crippen LogP contribution is -2.01. The van der Waals surface area contributed by atoms with Crippen LogP contribution >= 0.6 is 11.3 Å². The van der Waals surface area contributed by atoms with Crippen LogP contribution in [0.25, 0.3) is 87.7 Å². The fourth-order valence-electron chi connectivity index (χ4n) is 6.49. The quantitative estimate of drug-likeness (QED) is 0.181. The van der Waals surface area contributed by atoms with Crippen molar-refractivity contribution in [1.29, 1.82) is 0 Å². The Kier molecular flexibility index (Phi) is 7.34. The fourth-order valence-corrected chi connectivity index (χ4v) is 7.63.